The predicted molar refractivity (Wildman–Crippen MR) is 109 cm³/mol. The van der Waals surface area contributed by atoms with Crippen molar-refractivity contribution >= 4 is 22.2 Å². The Morgan fingerprint density at radius 3 is 2.55 bits per heavy atom. The van der Waals surface area contributed by atoms with Gasteiger partial charge in [0.15, 0.2) is 23.0 Å². The molecular formula is C19H18FN5O3S. The Morgan fingerprint density at radius 2 is 1.86 bits per heavy atom. The highest BCUT2D eigenvalue weighted by Gasteiger charge is 2.13. The van der Waals surface area contributed by atoms with Gasteiger partial charge in [-0.15, -0.1) is 10.8 Å². The maximum atomic E-state index is 13.7. The summed E-state index contributed by atoms with van der Waals surface area (Å²) in [4.78, 5) is 8.96. The van der Waals surface area contributed by atoms with E-state index in [1.165, 1.54) is 12.1 Å². The number of nitrogens with two attached hydrogens (primary N) is 1. The minimum atomic E-state index is -3.23. The van der Waals surface area contributed by atoms with Crippen LogP contribution in [0.4, 0.5) is 10.2 Å². The maximum Gasteiger partial charge on any atom is 0.180 e. The predicted octanol–water partition coefficient (Wildman–Crippen LogP) is 3.84. The van der Waals surface area contributed by atoms with Crippen LogP contribution in [-0.2, 0) is 6.54 Å². The number of phenols is 1. The van der Waals surface area contributed by atoms with Gasteiger partial charge in [0.2, 0.25) is 0 Å². The number of rotatable bonds is 5. The van der Waals surface area contributed by atoms with Gasteiger partial charge in [-0.1, -0.05) is 12.1 Å². The van der Waals surface area contributed by atoms with Crippen LogP contribution in [0.25, 0.3) is 16.9 Å². The molecule has 8 nitrogen and oxygen atoms in total. The Bertz CT molecular complexity index is 1170. The summed E-state index contributed by atoms with van der Waals surface area (Å²) in [6, 6.07) is 10.7. The van der Waals surface area contributed by atoms with Gasteiger partial charge >= 0.3 is 0 Å². The van der Waals surface area contributed by atoms with Crippen molar-refractivity contribution in [2.45, 2.75) is 11.4 Å². The Morgan fingerprint density at radius 1 is 1.10 bits per heavy atom. The lowest BCUT2D eigenvalue weighted by Crippen LogP contribution is -2.09. The van der Waals surface area contributed by atoms with Crippen molar-refractivity contribution in [2.75, 3.05) is 5.32 Å². The van der Waals surface area contributed by atoms with E-state index in [0.29, 0.717) is 29.3 Å². The zero-order valence-corrected chi connectivity index (χ0v) is 15.8. The zero-order chi connectivity index (χ0) is 20.6. The number of aromatic nitrogens is 3. The molecule has 0 saturated heterocycles. The number of imidazole rings is 1. The van der Waals surface area contributed by atoms with E-state index in [1.54, 1.807) is 53.3 Å². The molecule has 0 aliphatic rings. The number of benzene rings is 2. The molecule has 6 N–H and O–H groups in total. The third kappa shape index (κ3) is 3.87. The highest BCUT2D eigenvalue weighted by Crippen LogP contribution is 2.39. The molecule has 0 saturated carbocycles. The van der Waals surface area contributed by atoms with Crippen molar-refractivity contribution in [1.29, 1.82) is 0 Å². The van der Waals surface area contributed by atoms with Crippen LogP contribution in [0, 0.1) is 5.82 Å². The minimum Gasteiger partial charge on any atom is -0.505 e. The standard InChI is InChI=1S/C19H18FN5O3S/c20-15-9-13(3-6-17(15)26)16-11-24-19-18(22-7-8-25(16)19)23-10-12-1-4-14(5-2-12)29(21,27)28/h1-9,11,26-28H,10,21H2,(H,22,23). The first-order chi connectivity index (χ1) is 13.8. The lowest BCUT2D eigenvalue weighted by atomic mass is 10.1. The second-order valence-electron chi connectivity index (χ2n) is 6.37. The largest absolute Gasteiger partial charge is 0.505 e. The van der Waals surface area contributed by atoms with E-state index in [9.17, 15) is 18.6 Å². The monoisotopic (exact) mass is 415 g/mol. The summed E-state index contributed by atoms with van der Waals surface area (Å²) in [7, 11) is -3.23. The number of fused-ring (bicyclic) bond motifs is 1. The summed E-state index contributed by atoms with van der Waals surface area (Å²) in [5.74, 6) is -0.582. The van der Waals surface area contributed by atoms with E-state index < -0.39 is 22.3 Å². The molecule has 2 heterocycles. The topological polar surface area (TPSA) is 129 Å². The van der Waals surface area contributed by atoms with Crippen molar-refractivity contribution in [3.63, 3.8) is 0 Å². The van der Waals surface area contributed by atoms with Gasteiger partial charge in [0.1, 0.15) is 0 Å². The van der Waals surface area contributed by atoms with Gasteiger partial charge in [-0.05, 0) is 35.9 Å². The lowest BCUT2D eigenvalue weighted by molar-refractivity contribution is 0.432. The molecule has 0 fully saturated rings. The third-order valence-electron chi connectivity index (χ3n) is 4.40. The number of halogens is 1. The molecule has 10 heteroatoms. The molecule has 4 rings (SSSR count). The van der Waals surface area contributed by atoms with Crippen LogP contribution in [0.1, 0.15) is 5.56 Å². The number of hydrogen-bond donors (Lipinski definition) is 5. The molecule has 4 aromatic rings. The summed E-state index contributed by atoms with van der Waals surface area (Å²) < 4.78 is 34.4. The fraction of sp³-hybridized carbons (Fsp3) is 0.0526. The number of hydrogen-bond acceptors (Lipinski definition) is 7. The third-order valence-corrected chi connectivity index (χ3v) is 5.37. The average molecular weight is 415 g/mol. The number of anilines is 1. The molecule has 0 aliphatic heterocycles. The van der Waals surface area contributed by atoms with Gasteiger partial charge in [-0.25, -0.2) is 19.5 Å². The van der Waals surface area contributed by atoms with Crippen LogP contribution in [-0.4, -0.2) is 28.6 Å². The molecule has 0 bridgehead atoms. The SMILES string of the molecule is NS(O)(O)c1ccc(CNc2nccn3c(-c4ccc(O)c(F)c4)cnc23)cc1. The van der Waals surface area contributed by atoms with Crippen molar-refractivity contribution in [3.8, 4) is 17.0 Å². The molecule has 150 valence electrons. The summed E-state index contributed by atoms with van der Waals surface area (Å²) in [6.07, 6.45) is 4.92. The fourth-order valence-corrected chi connectivity index (χ4v) is 3.45. The van der Waals surface area contributed by atoms with Gasteiger partial charge in [-0.2, -0.15) is 0 Å². The smallest absolute Gasteiger partial charge is 0.180 e. The molecule has 2 aromatic heterocycles. The minimum absolute atomic E-state index is 0.264. The number of nitrogens with zero attached hydrogens (tertiary/aromatic N) is 3. The number of aromatic hydroxyl groups is 1. The fourth-order valence-electron chi connectivity index (χ4n) is 2.92. The Kier molecular flexibility index (Phi) is 4.84. The van der Waals surface area contributed by atoms with Gasteiger partial charge in [0.05, 0.1) is 16.8 Å². The van der Waals surface area contributed by atoms with Crippen LogP contribution >= 0.6 is 10.8 Å². The van der Waals surface area contributed by atoms with Gasteiger partial charge in [0.25, 0.3) is 0 Å². The molecule has 2 aromatic carbocycles. The van der Waals surface area contributed by atoms with E-state index in [0.717, 1.165) is 5.56 Å². The second-order valence-corrected chi connectivity index (χ2v) is 8.03. The van der Waals surface area contributed by atoms with E-state index in [4.69, 9.17) is 5.14 Å². The first-order valence-corrected chi connectivity index (χ1v) is 10.1. The first kappa shape index (κ1) is 19.2. The van der Waals surface area contributed by atoms with Gasteiger partial charge in [-0.3, -0.25) is 13.5 Å². The number of phenolic OH excluding ortho intramolecular Hbond substituents is 1. The van der Waals surface area contributed by atoms with E-state index in [-0.39, 0.29) is 4.90 Å². The molecule has 0 aliphatic carbocycles. The molecule has 0 unspecified atom stereocenters. The Labute approximate surface area is 167 Å². The quantitative estimate of drug-likeness (QED) is 0.335. The maximum absolute atomic E-state index is 13.7. The second kappa shape index (κ2) is 7.33. The van der Waals surface area contributed by atoms with E-state index in [1.807, 2.05) is 0 Å². The lowest BCUT2D eigenvalue weighted by Gasteiger charge is -2.26. The van der Waals surface area contributed by atoms with Gasteiger partial charge in [0, 0.05) is 24.5 Å². The van der Waals surface area contributed by atoms with Crippen LogP contribution < -0.4 is 10.5 Å². The molecule has 0 atom stereocenters. The van der Waals surface area contributed by atoms with Gasteiger partial charge < -0.3 is 10.4 Å². The highest BCUT2D eigenvalue weighted by atomic mass is 32.3. The van der Waals surface area contributed by atoms with Crippen LogP contribution in [0.2, 0.25) is 0 Å². The van der Waals surface area contributed by atoms with Crippen LogP contribution in [0.3, 0.4) is 0 Å². The van der Waals surface area contributed by atoms with Crippen molar-refractivity contribution in [1.82, 2.24) is 14.4 Å². The average Bonchev–Trinajstić information content (AvgIpc) is 3.13. The molecular weight excluding hydrogens is 397 g/mol. The summed E-state index contributed by atoms with van der Waals surface area (Å²) in [5.41, 5.74) is 2.67. The highest BCUT2D eigenvalue weighted by molar-refractivity contribution is 8.22. The number of nitrogens with one attached hydrogen (secondary N) is 1. The van der Waals surface area contributed by atoms with Crippen molar-refractivity contribution in [3.05, 3.63) is 72.4 Å². The molecule has 0 amide bonds. The van der Waals surface area contributed by atoms with E-state index in [2.05, 4.69) is 15.3 Å². The van der Waals surface area contributed by atoms with Crippen LogP contribution in [0.5, 0.6) is 5.75 Å². The summed E-state index contributed by atoms with van der Waals surface area (Å²) in [6.45, 7) is 0.423. The molecule has 0 spiro atoms. The van der Waals surface area contributed by atoms with E-state index >= 15 is 0 Å². The Balaban J connectivity index is 1.59. The van der Waals surface area contributed by atoms with Crippen molar-refractivity contribution in [2.24, 2.45) is 5.14 Å². The molecule has 0 radical (unpaired) electrons. The van der Waals surface area contributed by atoms with Crippen molar-refractivity contribution < 1.29 is 18.6 Å². The molecule has 29 heavy (non-hydrogen) atoms. The van der Waals surface area contributed by atoms with Crippen LogP contribution in [0.15, 0.2) is 66.0 Å². The summed E-state index contributed by atoms with van der Waals surface area (Å²) >= 11 is 0. The normalized spacial score (nSPS) is 12.3. The zero-order valence-electron chi connectivity index (χ0n) is 15.0. The summed E-state index contributed by atoms with van der Waals surface area (Å²) in [5, 5.41) is 17.9. The first-order valence-electron chi connectivity index (χ1n) is 8.53. The Hall–Kier alpha value is -3.18.